The molecular formula is C2H6NO5P. The summed E-state index contributed by atoms with van der Waals surface area (Å²) in [6, 6.07) is 0. The topological polar surface area (TPSA) is 108 Å². The van der Waals surface area contributed by atoms with Gasteiger partial charge in [0.2, 0.25) is 6.08 Å². The Hall–Kier alpha value is -0.510. The molecule has 0 aromatic heterocycles. The van der Waals surface area contributed by atoms with Crippen LogP contribution in [0.3, 0.4) is 0 Å². The molecule has 0 fully saturated rings. The van der Waals surface area contributed by atoms with Crippen molar-refractivity contribution in [2.24, 2.45) is 0 Å². The molecule has 0 saturated carbocycles. The highest BCUT2D eigenvalue weighted by molar-refractivity contribution is 7.46. The molecule has 54 valence electrons. The van der Waals surface area contributed by atoms with Gasteiger partial charge in [0.15, 0.2) is 0 Å². The zero-order valence-electron chi connectivity index (χ0n) is 4.57. The van der Waals surface area contributed by atoms with Gasteiger partial charge in [0, 0.05) is 7.11 Å². The fourth-order valence-electron chi connectivity index (χ4n) is 0. The molecule has 0 amide bonds. The van der Waals surface area contributed by atoms with Crippen LogP contribution in [0.4, 0.5) is 0 Å². The van der Waals surface area contributed by atoms with Crippen LogP contribution in [0.5, 0.6) is 0 Å². The van der Waals surface area contributed by atoms with Gasteiger partial charge in [-0.15, -0.1) is 0 Å². The number of hydrogen-bond donors (Lipinski definition) is 3. The molecule has 0 heterocycles. The van der Waals surface area contributed by atoms with Gasteiger partial charge in [-0.25, -0.2) is 14.8 Å². The van der Waals surface area contributed by atoms with E-state index in [1.165, 1.54) is 0 Å². The van der Waals surface area contributed by atoms with E-state index in [0.29, 0.717) is 0 Å². The minimum absolute atomic E-state index is 0.750. The molecule has 6 nitrogen and oxygen atoms in total. The first-order chi connectivity index (χ1) is 3.97. The predicted octanol–water partition coefficient (Wildman–Crippen LogP) is -0.374. The Balaban J connectivity index is 0. The average Bonchev–Trinajstić information content (AvgIpc) is 1.67. The fourth-order valence-corrected chi connectivity index (χ4v) is 0. The Bertz CT molecular complexity index is 132. The first-order valence-corrected chi connectivity index (χ1v) is 3.16. The van der Waals surface area contributed by atoms with E-state index in [4.69, 9.17) is 20.0 Å². The molecule has 0 aliphatic rings. The van der Waals surface area contributed by atoms with Crippen molar-refractivity contribution in [3.63, 3.8) is 0 Å². The van der Waals surface area contributed by atoms with Gasteiger partial charge in [-0.3, -0.25) is 4.52 Å². The van der Waals surface area contributed by atoms with Crippen LogP contribution >= 0.6 is 7.82 Å². The van der Waals surface area contributed by atoms with Crippen LogP contribution in [-0.2, 0) is 13.9 Å². The molecule has 0 bridgehead atoms. The third-order valence-electron chi connectivity index (χ3n) is 0.238. The lowest BCUT2D eigenvalue weighted by molar-refractivity contribution is 0.235. The molecule has 0 spiro atoms. The third-order valence-corrected chi connectivity index (χ3v) is 0.714. The maximum Gasteiger partial charge on any atom is 0.469 e. The highest BCUT2D eigenvalue weighted by Gasteiger charge is 2.07. The largest absolute Gasteiger partial charge is 0.469 e. The molecule has 7 heteroatoms. The number of nitrogens with one attached hydrogen (secondary N) is 1. The maximum atomic E-state index is 9.47. The number of carbonyl (C=O) groups excluding carboxylic acids is 1. The lowest BCUT2D eigenvalue weighted by Crippen LogP contribution is -1.76. The molecule has 0 radical (unpaired) electrons. The lowest BCUT2D eigenvalue weighted by Gasteiger charge is -1.93. The third kappa shape index (κ3) is 36.4. The van der Waals surface area contributed by atoms with Crippen LogP contribution in [0.1, 0.15) is 0 Å². The van der Waals surface area contributed by atoms with Crippen molar-refractivity contribution >= 4 is 13.9 Å². The summed E-state index contributed by atoms with van der Waals surface area (Å²) in [5, 5.41) is 5.40. The van der Waals surface area contributed by atoms with Crippen molar-refractivity contribution in [2.45, 2.75) is 0 Å². The molecular weight excluding hydrogens is 149 g/mol. The Morgan fingerprint density at radius 1 is 1.67 bits per heavy atom. The van der Waals surface area contributed by atoms with Crippen LogP contribution in [0.25, 0.3) is 0 Å². The van der Waals surface area contributed by atoms with Gasteiger partial charge in [0.25, 0.3) is 0 Å². The van der Waals surface area contributed by atoms with Crippen molar-refractivity contribution in [1.82, 2.24) is 0 Å². The van der Waals surface area contributed by atoms with Gasteiger partial charge in [-0.2, -0.15) is 0 Å². The molecule has 0 aromatic carbocycles. The van der Waals surface area contributed by atoms with Crippen molar-refractivity contribution < 1.29 is 23.7 Å². The SMILES string of the molecule is COP(=O)(O)O.N=C=O. The Kier molecular flexibility index (Phi) is 7.07. The van der Waals surface area contributed by atoms with Crippen LogP contribution in [0.2, 0.25) is 0 Å². The molecule has 0 aliphatic carbocycles. The summed E-state index contributed by atoms with van der Waals surface area (Å²) in [6.07, 6.45) is 0.750. The summed E-state index contributed by atoms with van der Waals surface area (Å²) in [5.74, 6) is 0. The van der Waals surface area contributed by atoms with Crippen molar-refractivity contribution in [1.29, 1.82) is 5.41 Å². The van der Waals surface area contributed by atoms with E-state index in [2.05, 4.69) is 4.52 Å². The average molecular weight is 155 g/mol. The lowest BCUT2D eigenvalue weighted by atomic mass is 11.7. The Morgan fingerprint density at radius 2 is 1.78 bits per heavy atom. The van der Waals surface area contributed by atoms with Crippen molar-refractivity contribution in [2.75, 3.05) is 7.11 Å². The standard InChI is InChI=1S/CHNO.CH5O4P/c2-1-3;1-5-6(2,3)4/h2H;1H3,(H2,2,3,4). The van der Waals surface area contributed by atoms with Crippen LogP contribution in [0, 0.1) is 5.41 Å². The summed E-state index contributed by atoms with van der Waals surface area (Å²) in [6.45, 7) is 0. The smallest absolute Gasteiger partial charge is 0.303 e. The van der Waals surface area contributed by atoms with Gasteiger partial charge >= 0.3 is 7.82 Å². The molecule has 0 unspecified atom stereocenters. The molecule has 9 heavy (non-hydrogen) atoms. The minimum Gasteiger partial charge on any atom is -0.303 e. The summed E-state index contributed by atoms with van der Waals surface area (Å²) >= 11 is 0. The first-order valence-electron chi connectivity index (χ1n) is 1.63. The van der Waals surface area contributed by atoms with E-state index >= 15 is 0 Å². The molecule has 0 rings (SSSR count). The number of isocyanates is 1. The van der Waals surface area contributed by atoms with Gasteiger partial charge in [0.1, 0.15) is 0 Å². The number of phosphoric ester groups is 1. The summed E-state index contributed by atoms with van der Waals surface area (Å²) in [7, 11) is -3.20. The van der Waals surface area contributed by atoms with Crippen LogP contribution in [0.15, 0.2) is 0 Å². The Labute approximate surface area is 51.2 Å². The molecule has 0 aliphatic heterocycles. The van der Waals surface area contributed by atoms with Crippen molar-refractivity contribution in [3.8, 4) is 0 Å². The second-order valence-corrected chi connectivity index (χ2v) is 2.12. The van der Waals surface area contributed by atoms with E-state index in [1.54, 1.807) is 0 Å². The minimum atomic E-state index is -4.15. The summed E-state index contributed by atoms with van der Waals surface area (Å²) < 4.78 is 13.1. The van der Waals surface area contributed by atoms with Crippen molar-refractivity contribution in [3.05, 3.63) is 0 Å². The van der Waals surface area contributed by atoms with Gasteiger partial charge in [-0.1, -0.05) is 0 Å². The number of rotatable bonds is 1. The normalized spacial score (nSPS) is 8.78. The van der Waals surface area contributed by atoms with E-state index in [1.807, 2.05) is 0 Å². The molecule has 0 saturated heterocycles. The monoisotopic (exact) mass is 155 g/mol. The highest BCUT2D eigenvalue weighted by atomic mass is 31.2. The van der Waals surface area contributed by atoms with E-state index < -0.39 is 7.82 Å². The van der Waals surface area contributed by atoms with E-state index in [0.717, 1.165) is 13.2 Å². The van der Waals surface area contributed by atoms with Gasteiger partial charge < -0.3 is 9.79 Å². The molecule has 3 N–H and O–H groups in total. The number of phosphoric acid groups is 1. The predicted molar refractivity (Wildman–Crippen MR) is 27.5 cm³/mol. The van der Waals surface area contributed by atoms with Crippen LogP contribution < -0.4 is 0 Å². The van der Waals surface area contributed by atoms with Gasteiger partial charge in [-0.05, 0) is 0 Å². The maximum absolute atomic E-state index is 9.47. The van der Waals surface area contributed by atoms with E-state index in [9.17, 15) is 4.57 Å². The highest BCUT2D eigenvalue weighted by Crippen LogP contribution is 2.33. The zero-order chi connectivity index (χ0) is 7.91. The Morgan fingerprint density at radius 3 is 1.78 bits per heavy atom. The van der Waals surface area contributed by atoms with Crippen LogP contribution in [-0.4, -0.2) is 23.0 Å². The summed E-state index contributed by atoms with van der Waals surface area (Å²) in [4.78, 5) is 23.8. The second kappa shape index (κ2) is 5.62. The number of hydrogen-bond acceptors (Lipinski definition) is 4. The first kappa shape index (κ1) is 11.3. The fraction of sp³-hybridized carbons (Fsp3) is 0.500. The second-order valence-electron chi connectivity index (χ2n) is 0.775. The van der Waals surface area contributed by atoms with Gasteiger partial charge in [0.05, 0.1) is 0 Å². The summed E-state index contributed by atoms with van der Waals surface area (Å²) in [5.41, 5.74) is 0. The molecule has 0 aromatic rings. The molecule has 0 atom stereocenters. The zero-order valence-corrected chi connectivity index (χ0v) is 5.46. The quantitative estimate of drug-likeness (QED) is 0.272. The van der Waals surface area contributed by atoms with E-state index in [-0.39, 0.29) is 0 Å².